The van der Waals surface area contributed by atoms with Crippen LogP contribution in [0.1, 0.15) is 101 Å². The molecule has 2 heterocycles. The fraction of sp³-hybridized carbons (Fsp3) is 0.864. The lowest BCUT2D eigenvalue weighted by molar-refractivity contribution is -0.325. The first-order valence-corrected chi connectivity index (χ1v) is 23.6. The summed E-state index contributed by atoms with van der Waals surface area (Å²) >= 11 is 0.866. The van der Waals surface area contributed by atoms with Gasteiger partial charge in [-0.1, -0.05) is 44.6 Å². The first-order valence-electron chi connectivity index (χ1n) is 22.7. The van der Waals surface area contributed by atoms with E-state index in [1.54, 1.807) is 48.5 Å². The molecule has 0 aromatic carbocycles. The number of aliphatic hydroxyl groups is 4. The molecule has 10 N–H and O–H groups in total. The minimum atomic E-state index is -1.78. The van der Waals surface area contributed by atoms with Gasteiger partial charge in [0.1, 0.15) is 36.6 Å². The third-order valence-corrected chi connectivity index (χ3v) is 13.1. The maximum Gasteiger partial charge on any atom is 0.311 e. The summed E-state index contributed by atoms with van der Waals surface area (Å²) in [5, 5.41) is 61.7. The summed E-state index contributed by atoms with van der Waals surface area (Å²) in [6.07, 6.45) is -7.29. The number of carbonyl (C=O) groups is 2. The van der Waals surface area contributed by atoms with Crippen molar-refractivity contribution in [2.75, 3.05) is 41.9 Å². The van der Waals surface area contributed by atoms with Crippen LogP contribution in [-0.2, 0) is 47.7 Å². The van der Waals surface area contributed by atoms with Crippen molar-refractivity contribution in [1.82, 2.24) is 21.2 Å². The maximum absolute atomic E-state index is 14.4. The molecular weight excluding hydrogens is 883 g/mol. The fourth-order valence-electron chi connectivity index (χ4n) is 8.97. The predicted octanol–water partition coefficient (Wildman–Crippen LogP) is 1.90. The molecule has 2 aliphatic rings. The second kappa shape index (κ2) is 27.0. The number of amides is 1. The molecule has 2 fully saturated rings. The van der Waals surface area contributed by atoms with Crippen molar-refractivity contribution in [3.63, 3.8) is 0 Å². The molecule has 1 amide bonds. The molecule has 21 nitrogen and oxygen atoms in total. The van der Waals surface area contributed by atoms with Gasteiger partial charge in [-0.25, -0.2) is 0 Å². The Morgan fingerprint density at radius 2 is 1.76 bits per heavy atom. The SMILES string of the molecule is CC[C@@H](O)[C@](C)(O)[C@@H](CC)OC(=O)[C@H](C)[C@@H](OC1C[C@@](C)(OC)[C@@H](ONNC(=O)C(/C=C/SC(=N)N)=NOC)[C@H](C)O1)[C@H](C)[C@@H](OC1O[C@H](C)C[C@H](N(C)C)[C@H]1O)[C@](C)(O)C[C@@H](C)CNC. The number of aliphatic hydroxyl groups excluding tert-OH is 2. The van der Waals surface area contributed by atoms with Gasteiger partial charge in [0.15, 0.2) is 23.5 Å². The molecule has 0 aliphatic carbocycles. The molecule has 2 rings (SSSR count). The lowest BCUT2D eigenvalue weighted by Crippen LogP contribution is -2.62. The van der Waals surface area contributed by atoms with E-state index in [9.17, 15) is 30.0 Å². The Bertz CT molecular complexity index is 1580. The highest BCUT2D eigenvalue weighted by molar-refractivity contribution is 8.16. The Balaban J connectivity index is 2.62. The number of methoxy groups -OCH3 is 1. The third kappa shape index (κ3) is 16.6. The summed E-state index contributed by atoms with van der Waals surface area (Å²) in [5.74, 6) is -3.47. The van der Waals surface area contributed by atoms with E-state index in [4.69, 9.17) is 49.2 Å². The number of nitrogens with zero attached hydrogens (tertiary/aromatic N) is 2. The Labute approximate surface area is 395 Å². The molecule has 66 heavy (non-hydrogen) atoms. The number of rotatable bonds is 27. The molecule has 0 aromatic rings. The van der Waals surface area contributed by atoms with E-state index in [1.165, 1.54) is 32.6 Å². The summed E-state index contributed by atoms with van der Waals surface area (Å²) in [7, 11) is 8.30. The van der Waals surface area contributed by atoms with Gasteiger partial charge in [0.2, 0.25) is 0 Å². The van der Waals surface area contributed by atoms with Crippen LogP contribution in [0.15, 0.2) is 16.6 Å². The number of hydrogen-bond donors (Lipinski definition) is 9. The summed E-state index contributed by atoms with van der Waals surface area (Å²) in [4.78, 5) is 39.9. The number of hydrogen-bond acceptors (Lipinski definition) is 20. The van der Waals surface area contributed by atoms with Crippen LogP contribution < -0.4 is 22.1 Å². The smallest absolute Gasteiger partial charge is 0.311 e. The maximum atomic E-state index is 14.4. The van der Waals surface area contributed by atoms with Gasteiger partial charge in [0.05, 0.1) is 42.0 Å². The zero-order valence-corrected chi connectivity index (χ0v) is 42.5. The van der Waals surface area contributed by atoms with Gasteiger partial charge in [-0.2, -0.15) is 0 Å². The molecule has 22 heteroatoms. The highest BCUT2D eigenvalue weighted by atomic mass is 32.2. The minimum Gasteiger partial charge on any atom is -0.459 e. The molecule has 2 saturated heterocycles. The second-order valence-corrected chi connectivity index (χ2v) is 19.6. The van der Waals surface area contributed by atoms with E-state index in [1.807, 2.05) is 39.9 Å². The number of thioether (sulfide) groups is 1. The highest BCUT2D eigenvalue weighted by Crippen LogP contribution is 2.40. The van der Waals surface area contributed by atoms with Crippen LogP contribution in [0.5, 0.6) is 0 Å². The Hall–Kier alpha value is -2.55. The van der Waals surface area contributed by atoms with E-state index < -0.39 is 95.8 Å². The quantitative estimate of drug-likeness (QED) is 0.0246. The molecule has 2 unspecified atom stereocenters. The number of esters is 1. The van der Waals surface area contributed by atoms with E-state index in [-0.39, 0.29) is 54.6 Å². The van der Waals surface area contributed by atoms with E-state index in [0.717, 1.165) is 11.8 Å². The lowest BCUT2D eigenvalue weighted by atomic mass is 9.77. The first-order chi connectivity index (χ1) is 30.7. The molecular formula is C44H83N7O14S. The normalized spacial score (nSPS) is 30.3. The zero-order chi connectivity index (χ0) is 50.3. The van der Waals surface area contributed by atoms with Crippen LogP contribution in [0.25, 0.3) is 0 Å². The number of ether oxygens (including phenoxy) is 6. The molecule has 0 radical (unpaired) electrons. The number of amidine groups is 1. The Morgan fingerprint density at radius 1 is 1.11 bits per heavy atom. The average molecular weight is 966 g/mol. The van der Waals surface area contributed by atoms with Gasteiger partial charge in [0, 0.05) is 25.5 Å². The van der Waals surface area contributed by atoms with Crippen LogP contribution >= 0.6 is 11.8 Å². The van der Waals surface area contributed by atoms with Gasteiger partial charge < -0.3 is 69.6 Å². The number of hydrazine groups is 1. The lowest BCUT2D eigenvalue weighted by Gasteiger charge is -2.49. The molecule has 2 aliphatic heterocycles. The van der Waals surface area contributed by atoms with Crippen LogP contribution in [0.4, 0.5) is 0 Å². The standard InChI is InChI=1S/C44H83N7O14S/c1-16-31(52)44(10,57)32(17-2)62-39(55)27(6)35(26(5)36(42(8,56)21-24(3)23-47-11)64-40-34(53)30(51(12)13)20-25(4)60-40)63-33-22-43(9,58-14)37(28(7)61-33)65-50-48-38(54)29(49-59-15)18-19-66-41(45)46/h18-19,24-28,30-37,40,47,50,52-53,56-57H,16-17,20-23H2,1-15H3,(H3,45,46)(H,48,54)/b19-18+,49-29?/t24-,25-,26+,27-,28+,30+,31-,32-,33?,34-,35+,36-,37+,40?,42-,43-,44+/m1/s1. The summed E-state index contributed by atoms with van der Waals surface area (Å²) in [6, 6.07) is -0.322. The monoisotopic (exact) mass is 966 g/mol. The van der Waals surface area contributed by atoms with Gasteiger partial charge in [-0.05, 0) is 112 Å². The molecule has 384 valence electrons. The van der Waals surface area contributed by atoms with Gasteiger partial charge in [-0.15, -0.1) is 5.59 Å². The van der Waals surface area contributed by atoms with Crippen molar-refractivity contribution < 1.29 is 68.1 Å². The minimum absolute atomic E-state index is 0.0309. The average Bonchev–Trinajstić information content (AvgIpc) is 3.23. The number of nitrogens with two attached hydrogens (primary N) is 1. The Kier molecular flexibility index (Phi) is 24.4. The summed E-state index contributed by atoms with van der Waals surface area (Å²) < 4.78 is 38.3. The molecule has 0 spiro atoms. The largest absolute Gasteiger partial charge is 0.459 e. The van der Waals surface area contributed by atoms with Gasteiger partial charge in [-0.3, -0.25) is 25.3 Å². The topological polar surface area (TPSA) is 290 Å². The van der Waals surface area contributed by atoms with Crippen molar-refractivity contribution in [3.05, 3.63) is 11.5 Å². The van der Waals surface area contributed by atoms with E-state index >= 15 is 0 Å². The predicted molar refractivity (Wildman–Crippen MR) is 250 cm³/mol. The zero-order valence-electron chi connectivity index (χ0n) is 41.7. The number of carbonyl (C=O) groups excluding carboxylic acids is 2. The van der Waals surface area contributed by atoms with Crippen LogP contribution in [0, 0.1) is 23.2 Å². The summed E-state index contributed by atoms with van der Waals surface area (Å²) in [6.45, 7) is 17.9. The van der Waals surface area contributed by atoms with Crippen molar-refractivity contribution in [2.45, 2.75) is 186 Å². The number of likely N-dealkylation sites (N-methyl/N-ethyl adjacent to an activating group) is 1. The van der Waals surface area contributed by atoms with E-state index in [2.05, 4.69) is 21.5 Å². The van der Waals surface area contributed by atoms with Gasteiger partial charge in [0.25, 0.3) is 5.91 Å². The highest BCUT2D eigenvalue weighted by Gasteiger charge is 2.52. The summed E-state index contributed by atoms with van der Waals surface area (Å²) in [5.41, 5.74) is 5.54. The molecule has 0 aromatic heterocycles. The first kappa shape index (κ1) is 59.6. The van der Waals surface area contributed by atoms with Crippen LogP contribution in [0.2, 0.25) is 0 Å². The van der Waals surface area contributed by atoms with Gasteiger partial charge >= 0.3 is 5.97 Å². The van der Waals surface area contributed by atoms with Crippen LogP contribution in [-0.4, -0.2) is 174 Å². The fourth-order valence-corrected chi connectivity index (χ4v) is 9.32. The van der Waals surface area contributed by atoms with Crippen molar-refractivity contribution in [3.8, 4) is 0 Å². The van der Waals surface area contributed by atoms with Crippen molar-refractivity contribution in [2.24, 2.45) is 28.6 Å². The second-order valence-electron chi connectivity index (χ2n) is 18.6. The number of oxime groups is 1. The number of nitrogens with one attached hydrogen (secondary N) is 4. The van der Waals surface area contributed by atoms with Crippen molar-refractivity contribution >= 4 is 34.5 Å². The van der Waals surface area contributed by atoms with Crippen molar-refractivity contribution in [1.29, 1.82) is 5.41 Å². The van der Waals surface area contributed by atoms with Crippen LogP contribution in [0.3, 0.4) is 0 Å². The Morgan fingerprint density at radius 3 is 2.30 bits per heavy atom. The molecule has 0 bridgehead atoms. The third-order valence-electron chi connectivity index (χ3n) is 12.6. The van der Waals surface area contributed by atoms with E-state index in [0.29, 0.717) is 13.0 Å². The molecule has 17 atom stereocenters. The molecule has 0 saturated carbocycles.